The van der Waals surface area contributed by atoms with E-state index in [9.17, 15) is 24.6 Å². The van der Waals surface area contributed by atoms with Crippen LogP contribution in [0.25, 0.3) is 0 Å². The molecule has 4 rings (SSSR count). The zero-order valence-electron chi connectivity index (χ0n) is 17.3. The molecule has 0 amide bonds. The number of hydrogen-bond donors (Lipinski definition) is 2. The summed E-state index contributed by atoms with van der Waals surface area (Å²) in [6, 6.07) is 0. The summed E-state index contributed by atoms with van der Waals surface area (Å²) in [6.07, 6.45) is 0.232. The van der Waals surface area contributed by atoms with E-state index in [1.807, 2.05) is 13.8 Å². The van der Waals surface area contributed by atoms with E-state index < -0.39 is 46.8 Å². The van der Waals surface area contributed by atoms with Gasteiger partial charge in [0.1, 0.15) is 18.1 Å². The Morgan fingerprint density at radius 1 is 1.34 bits per heavy atom. The minimum atomic E-state index is -1.52. The van der Waals surface area contributed by atoms with E-state index in [2.05, 4.69) is 6.58 Å². The fourth-order valence-electron chi connectivity index (χ4n) is 7.09. The molecule has 2 bridgehead atoms. The van der Waals surface area contributed by atoms with Crippen LogP contribution in [0.1, 0.15) is 46.5 Å². The topological polar surface area (TPSA) is 110 Å². The summed E-state index contributed by atoms with van der Waals surface area (Å²) >= 11 is 0. The standard InChI is InChI=1S/C22H30O7/c1-11-13-7-14(25)17-21(8-13,18(11)26)19(27)29-16-5-6-20(3,4)15(9-23)22(16,17)10-28-12(2)24/h13-17,23,25H,1,5-10H2,2-4H3/t13-,14+,15-,16+,17-,21+,22+/m1/s1. The molecule has 3 aliphatic carbocycles. The molecule has 3 saturated carbocycles. The molecule has 1 saturated heterocycles. The largest absolute Gasteiger partial charge is 0.465 e. The highest BCUT2D eigenvalue weighted by molar-refractivity contribution is 6.15. The third-order valence-electron chi connectivity index (χ3n) is 8.34. The summed E-state index contributed by atoms with van der Waals surface area (Å²) in [5.74, 6) is -2.93. The maximum Gasteiger partial charge on any atom is 0.320 e. The number of ketones is 1. The summed E-state index contributed by atoms with van der Waals surface area (Å²) in [4.78, 5) is 38.3. The van der Waals surface area contributed by atoms with Gasteiger partial charge >= 0.3 is 11.9 Å². The van der Waals surface area contributed by atoms with Crippen molar-refractivity contribution in [1.29, 1.82) is 0 Å². The first-order valence-electron chi connectivity index (χ1n) is 10.4. The zero-order valence-corrected chi connectivity index (χ0v) is 17.3. The first-order valence-corrected chi connectivity index (χ1v) is 10.4. The average Bonchev–Trinajstić information content (AvgIpc) is 2.83. The van der Waals surface area contributed by atoms with Crippen LogP contribution in [-0.4, -0.2) is 53.4 Å². The molecule has 0 radical (unpaired) electrons. The second-order valence-corrected chi connectivity index (χ2v) is 10.1. The van der Waals surface area contributed by atoms with Gasteiger partial charge in [-0.1, -0.05) is 20.4 Å². The van der Waals surface area contributed by atoms with Crippen molar-refractivity contribution in [3.8, 4) is 0 Å². The van der Waals surface area contributed by atoms with Crippen LogP contribution in [0.5, 0.6) is 0 Å². The number of carbonyl (C=O) groups is 3. The number of hydrogen-bond acceptors (Lipinski definition) is 7. The molecule has 1 heterocycles. The molecule has 7 atom stereocenters. The summed E-state index contributed by atoms with van der Waals surface area (Å²) in [5, 5.41) is 21.7. The second kappa shape index (κ2) is 6.38. The van der Waals surface area contributed by atoms with E-state index in [1.54, 1.807) is 0 Å². The molecule has 0 aromatic carbocycles. The predicted octanol–water partition coefficient (Wildman–Crippen LogP) is 1.40. The first-order chi connectivity index (χ1) is 13.5. The van der Waals surface area contributed by atoms with Crippen LogP contribution >= 0.6 is 0 Å². The lowest BCUT2D eigenvalue weighted by molar-refractivity contribution is -0.270. The van der Waals surface area contributed by atoms with Gasteiger partial charge in [0.2, 0.25) is 0 Å². The fraction of sp³-hybridized carbons (Fsp3) is 0.773. The Morgan fingerprint density at radius 2 is 2.03 bits per heavy atom. The van der Waals surface area contributed by atoms with Crippen LogP contribution in [-0.2, 0) is 23.9 Å². The predicted molar refractivity (Wildman–Crippen MR) is 101 cm³/mol. The Morgan fingerprint density at radius 3 is 2.66 bits per heavy atom. The quantitative estimate of drug-likeness (QED) is 0.414. The van der Waals surface area contributed by atoms with Crippen LogP contribution < -0.4 is 0 Å². The highest BCUT2D eigenvalue weighted by Gasteiger charge is 2.77. The van der Waals surface area contributed by atoms with Crippen LogP contribution in [0.2, 0.25) is 0 Å². The summed E-state index contributed by atoms with van der Waals surface area (Å²) < 4.78 is 11.4. The number of rotatable bonds is 3. The Labute approximate surface area is 170 Å². The normalized spacial score (nSPS) is 45.3. The Bertz CT molecular complexity index is 786. The van der Waals surface area contributed by atoms with Crippen molar-refractivity contribution in [3.05, 3.63) is 12.2 Å². The molecule has 0 aromatic rings. The van der Waals surface area contributed by atoms with Crippen molar-refractivity contribution < 1.29 is 34.1 Å². The number of aliphatic hydroxyl groups excluding tert-OH is 2. The fourth-order valence-corrected chi connectivity index (χ4v) is 7.09. The highest BCUT2D eigenvalue weighted by atomic mass is 16.6. The van der Waals surface area contributed by atoms with Crippen molar-refractivity contribution >= 4 is 17.7 Å². The maximum atomic E-state index is 13.3. The lowest BCUT2D eigenvalue weighted by Gasteiger charge is -2.64. The molecule has 0 unspecified atom stereocenters. The number of esters is 2. The molecule has 29 heavy (non-hydrogen) atoms. The van der Waals surface area contributed by atoms with E-state index in [-0.39, 0.29) is 36.8 Å². The lowest BCUT2D eigenvalue weighted by atomic mass is 9.43. The average molecular weight is 406 g/mol. The molecule has 1 spiro atoms. The van der Waals surface area contributed by atoms with E-state index >= 15 is 0 Å². The SMILES string of the molecule is C=C1C(=O)[C@]23C[C@H]1C[C@H](O)[C@H]2[C@]1(COC(C)=O)[C@H](CCC(C)(C)[C@H]1CO)OC3=O. The summed E-state index contributed by atoms with van der Waals surface area (Å²) in [7, 11) is 0. The van der Waals surface area contributed by atoms with Crippen LogP contribution in [0.15, 0.2) is 12.2 Å². The smallest absolute Gasteiger partial charge is 0.320 e. The van der Waals surface area contributed by atoms with Crippen molar-refractivity contribution in [1.82, 2.24) is 0 Å². The molecule has 2 N–H and O–H groups in total. The van der Waals surface area contributed by atoms with E-state index in [0.717, 1.165) is 0 Å². The van der Waals surface area contributed by atoms with Crippen molar-refractivity contribution in [2.24, 2.45) is 34.0 Å². The van der Waals surface area contributed by atoms with Gasteiger partial charge < -0.3 is 19.7 Å². The Hall–Kier alpha value is -1.73. The van der Waals surface area contributed by atoms with E-state index in [4.69, 9.17) is 9.47 Å². The van der Waals surface area contributed by atoms with Crippen LogP contribution in [0.4, 0.5) is 0 Å². The minimum Gasteiger partial charge on any atom is -0.465 e. The van der Waals surface area contributed by atoms with E-state index in [1.165, 1.54) is 6.92 Å². The highest BCUT2D eigenvalue weighted by Crippen LogP contribution is 2.68. The number of fused-ring (bicyclic) bond motifs is 3. The van der Waals surface area contributed by atoms with Gasteiger partial charge in [-0.05, 0) is 48.5 Å². The summed E-state index contributed by atoms with van der Waals surface area (Å²) in [5.41, 5.74) is -2.55. The molecule has 160 valence electrons. The van der Waals surface area contributed by atoms with Crippen LogP contribution in [0.3, 0.4) is 0 Å². The van der Waals surface area contributed by atoms with Gasteiger partial charge in [-0.15, -0.1) is 0 Å². The third-order valence-corrected chi connectivity index (χ3v) is 8.34. The van der Waals surface area contributed by atoms with Crippen molar-refractivity contribution in [2.45, 2.75) is 58.7 Å². The monoisotopic (exact) mass is 406 g/mol. The first kappa shape index (κ1) is 20.5. The number of Topliss-reactive ketones (excluding diaryl/α,β-unsaturated/α-hetero) is 1. The third kappa shape index (κ3) is 2.46. The molecule has 7 heteroatoms. The number of aliphatic hydroxyl groups is 2. The number of ether oxygens (including phenoxy) is 2. The van der Waals surface area contributed by atoms with Gasteiger partial charge in [0.05, 0.1) is 11.5 Å². The van der Waals surface area contributed by atoms with Gasteiger partial charge in [0, 0.05) is 19.4 Å². The number of carbonyl (C=O) groups excluding carboxylic acids is 3. The van der Waals surface area contributed by atoms with E-state index in [0.29, 0.717) is 24.8 Å². The molecule has 4 fully saturated rings. The van der Waals surface area contributed by atoms with Crippen molar-refractivity contribution in [3.63, 3.8) is 0 Å². The molecular formula is C22H30O7. The second-order valence-electron chi connectivity index (χ2n) is 10.1. The van der Waals surface area contributed by atoms with Gasteiger partial charge in [0.25, 0.3) is 0 Å². The number of allylic oxidation sites excluding steroid dienone is 1. The van der Waals surface area contributed by atoms with Crippen molar-refractivity contribution in [2.75, 3.05) is 13.2 Å². The maximum absolute atomic E-state index is 13.3. The molecular weight excluding hydrogens is 376 g/mol. The molecule has 1 aliphatic heterocycles. The van der Waals surface area contributed by atoms with Gasteiger partial charge in [-0.3, -0.25) is 14.4 Å². The molecule has 4 aliphatic rings. The van der Waals surface area contributed by atoms with Gasteiger partial charge in [0.15, 0.2) is 5.78 Å². The molecule has 0 aromatic heterocycles. The Kier molecular flexibility index (Phi) is 4.52. The van der Waals surface area contributed by atoms with Gasteiger partial charge in [-0.25, -0.2) is 0 Å². The summed E-state index contributed by atoms with van der Waals surface area (Å²) in [6.45, 7) is 8.92. The van der Waals surface area contributed by atoms with Crippen LogP contribution in [0, 0.1) is 34.0 Å². The lowest BCUT2D eigenvalue weighted by Crippen LogP contribution is -2.72. The minimum absolute atomic E-state index is 0.108. The molecule has 7 nitrogen and oxygen atoms in total. The Balaban J connectivity index is 1.95. The van der Waals surface area contributed by atoms with Gasteiger partial charge in [-0.2, -0.15) is 0 Å². The zero-order chi connectivity index (χ0) is 21.4.